The van der Waals surface area contributed by atoms with Gasteiger partial charge in [-0.15, -0.1) is 24.0 Å². The third-order valence-corrected chi connectivity index (χ3v) is 4.78. The Morgan fingerprint density at radius 1 is 1.25 bits per heavy atom. The highest BCUT2D eigenvalue weighted by Gasteiger charge is 2.16. The van der Waals surface area contributed by atoms with E-state index in [0.717, 1.165) is 69.9 Å². The third-order valence-electron chi connectivity index (χ3n) is 4.78. The van der Waals surface area contributed by atoms with Gasteiger partial charge in [0.2, 0.25) is 6.79 Å². The molecule has 0 spiro atoms. The van der Waals surface area contributed by atoms with Gasteiger partial charge in [-0.05, 0) is 30.5 Å². The van der Waals surface area contributed by atoms with Crippen LogP contribution in [0.3, 0.4) is 0 Å². The normalized spacial score (nSPS) is 17.8. The standard InChI is InChI=1S/C20H32N4O3.HI/c1-4-21-20(22-12-16(2)13-24-7-9-25-10-8-24)23(3)14-17-5-6-18-19(11-17)27-15-26-18;/h5-6,11,16H,4,7-10,12-15H2,1-3H3,(H,21,22);1H. The number of fused-ring (bicyclic) bond motifs is 1. The average Bonchev–Trinajstić information content (AvgIpc) is 3.13. The van der Waals surface area contributed by atoms with Crippen LogP contribution >= 0.6 is 24.0 Å². The molecule has 0 aliphatic carbocycles. The minimum absolute atomic E-state index is 0. The lowest BCUT2D eigenvalue weighted by atomic mass is 10.1. The molecule has 2 aliphatic heterocycles. The minimum atomic E-state index is 0. The van der Waals surface area contributed by atoms with Crippen molar-refractivity contribution in [2.45, 2.75) is 20.4 Å². The van der Waals surface area contributed by atoms with Crippen LogP contribution < -0.4 is 14.8 Å². The van der Waals surface area contributed by atoms with E-state index in [-0.39, 0.29) is 24.0 Å². The molecule has 7 nitrogen and oxygen atoms in total. The van der Waals surface area contributed by atoms with Crippen molar-refractivity contribution in [1.82, 2.24) is 15.1 Å². The molecule has 158 valence electrons. The van der Waals surface area contributed by atoms with E-state index in [1.807, 2.05) is 12.1 Å². The molecule has 3 rings (SSSR count). The van der Waals surface area contributed by atoms with Crippen LogP contribution in [0.1, 0.15) is 19.4 Å². The zero-order chi connectivity index (χ0) is 19.1. The van der Waals surface area contributed by atoms with Crippen LogP contribution in [0.5, 0.6) is 11.5 Å². The number of hydrogen-bond acceptors (Lipinski definition) is 5. The Balaban J connectivity index is 0.00000280. The average molecular weight is 504 g/mol. The summed E-state index contributed by atoms with van der Waals surface area (Å²) in [6.07, 6.45) is 0. The van der Waals surface area contributed by atoms with Crippen molar-refractivity contribution in [1.29, 1.82) is 0 Å². The molecule has 8 heteroatoms. The number of aliphatic imine (C=N–C) groups is 1. The zero-order valence-corrected chi connectivity index (χ0v) is 19.5. The number of benzene rings is 1. The molecule has 1 aromatic carbocycles. The molecule has 1 aromatic rings. The molecule has 0 aromatic heterocycles. The first-order chi connectivity index (χ1) is 13.2. The second-order valence-corrected chi connectivity index (χ2v) is 7.26. The fraction of sp³-hybridized carbons (Fsp3) is 0.650. The Hall–Kier alpha value is -1.26. The number of ether oxygens (including phenoxy) is 3. The predicted octanol–water partition coefficient (Wildman–Crippen LogP) is 2.40. The van der Waals surface area contributed by atoms with Crippen LogP contribution in [0.2, 0.25) is 0 Å². The molecule has 0 bridgehead atoms. The van der Waals surface area contributed by atoms with E-state index in [1.165, 1.54) is 5.56 Å². The number of rotatable bonds is 7. The topological polar surface area (TPSA) is 58.6 Å². The Kier molecular flexibility index (Phi) is 9.60. The van der Waals surface area contributed by atoms with Gasteiger partial charge in [-0.1, -0.05) is 13.0 Å². The van der Waals surface area contributed by atoms with Crippen molar-refractivity contribution in [3.63, 3.8) is 0 Å². The summed E-state index contributed by atoms with van der Waals surface area (Å²) in [6, 6.07) is 6.10. The molecular formula is C20H33IN4O3. The van der Waals surface area contributed by atoms with Crippen LogP contribution in [0.25, 0.3) is 0 Å². The third kappa shape index (κ3) is 6.66. The molecule has 1 N–H and O–H groups in total. The van der Waals surface area contributed by atoms with Crippen LogP contribution in [0.15, 0.2) is 23.2 Å². The summed E-state index contributed by atoms with van der Waals surface area (Å²) in [5, 5.41) is 3.40. The lowest BCUT2D eigenvalue weighted by Gasteiger charge is -2.29. The van der Waals surface area contributed by atoms with E-state index in [2.05, 4.69) is 42.1 Å². The lowest BCUT2D eigenvalue weighted by molar-refractivity contribution is 0.0323. The Bertz CT molecular complexity index is 638. The van der Waals surface area contributed by atoms with Gasteiger partial charge in [-0.25, -0.2) is 0 Å². The van der Waals surface area contributed by atoms with E-state index in [4.69, 9.17) is 19.2 Å². The van der Waals surface area contributed by atoms with Gasteiger partial charge in [-0.2, -0.15) is 0 Å². The molecule has 1 fully saturated rings. The summed E-state index contributed by atoms with van der Waals surface area (Å²) in [5.74, 6) is 3.08. The number of hydrogen-bond donors (Lipinski definition) is 1. The van der Waals surface area contributed by atoms with E-state index < -0.39 is 0 Å². The number of guanidine groups is 1. The molecule has 0 amide bonds. The van der Waals surface area contributed by atoms with Crippen molar-refractivity contribution in [2.75, 3.05) is 59.8 Å². The van der Waals surface area contributed by atoms with Gasteiger partial charge >= 0.3 is 0 Å². The van der Waals surface area contributed by atoms with E-state index in [1.54, 1.807) is 0 Å². The number of halogens is 1. The number of morpholine rings is 1. The highest BCUT2D eigenvalue weighted by molar-refractivity contribution is 14.0. The first kappa shape index (κ1) is 23.0. The van der Waals surface area contributed by atoms with Crippen molar-refractivity contribution in [3.8, 4) is 11.5 Å². The Labute approximate surface area is 185 Å². The highest BCUT2D eigenvalue weighted by Crippen LogP contribution is 2.32. The maximum atomic E-state index is 5.48. The van der Waals surface area contributed by atoms with Crippen molar-refractivity contribution >= 4 is 29.9 Å². The summed E-state index contributed by atoms with van der Waals surface area (Å²) in [5.41, 5.74) is 1.17. The molecule has 2 heterocycles. The van der Waals surface area contributed by atoms with Crippen LogP contribution in [-0.4, -0.2) is 75.5 Å². The first-order valence-electron chi connectivity index (χ1n) is 9.83. The highest BCUT2D eigenvalue weighted by atomic mass is 127. The maximum absolute atomic E-state index is 5.48. The SMILES string of the molecule is CCNC(=NCC(C)CN1CCOCC1)N(C)Cc1ccc2c(c1)OCO2.I. The molecule has 0 saturated carbocycles. The molecule has 0 radical (unpaired) electrons. The molecule has 1 atom stereocenters. The summed E-state index contributed by atoms with van der Waals surface area (Å²) in [4.78, 5) is 9.49. The Morgan fingerprint density at radius 2 is 2.00 bits per heavy atom. The van der Waals surface area contributed by atoms with Gasteiger partial charge in [0.25, 0.3) is 0 Å². The quantitative estimate of drug-likeness (QED) is 0.350. The van der Waals surface area contributed by atoms with E-state index in [0.29, 0.717) is 12.7 Å². The molecular weight excluding hydrogens is 471 g/mol. The van der Waals surface area contributed by atoms with Gasteiger partial charge in [0, 0.05) is 46.3 Å². The van der Waals surface area contributed by atoms with Gasteiger partial charge in [0.05, 0.1) is 13.2 Å². The minimum Gasteiger partial charge on any atom is -0.454 e. The van der Waals surface area contributed by atoms with Crippen molar-refractivity contribution in [2.24, 2.45) is 10.9 Å². The second-order valence-electron chi connectivity index (χ2n) is 7.26. The van der Waals surface area contributed by atoms with Gasteiger partial charge in [0.15, 0.2) is 17.5 Å². The fourth-order valence-corrected chi connectivity index (χ4v) is 3.38. The number of nitrogens with one attached hydrogen (secondary N) is 1. The largest absolute Gasteiger partial charge is 0.454 e. The van der Waals surface area contributed by atoms with Crippen LogP contribution in [0, 0.1) is 5.92 Å². The van der Waals surface area contributed by atoms with Crippen molar-refractivity contribution in [3.05, 3.63) is 23.8 Å². The molecule has 2 aliphatic rings. The zero-order valence-electron chi connectivity index (χ0n) is 17.1. The Morgan fingerprint density at radius 3 is 2.75 bits per heavy atom. The van der Waals surface area contributed by atoms with Gasteiger partial charge < -0.3 is 24.4 Å². The van der Waals surface area contributed by atoms with Gasteiger partial charge in [0.1, 0.15) is 0 Å². The molecule has 1 saturated heterocycles. The summed E-state index contributed by atoms with van der Waals surface area (Å²) >= 11 is 0. The van der Waals surface area contributed by atoms with E-state index in [9.17, 15) is 0 Å². The molecule has 1 unspecified atom stereocenters. The van der Waals surface area contributed by atoms with Gasteiger partial charge in [-0.3, -0.25) is 9.89 Å². The smallest absolute Gasteiger partial charge is 0.231 e. The second kappa shape index (κ2) is 11.7. The first-order valence-corrected chi connectivity index (χ1v) is 9.83. The fourth-order valence-electron chi connectivity index (χ4n) is 3.38. The summed E-state index contributed by atoms with van der Waals surface area (Å²) in [6.45, 7) is 11.9. The van der Waals surface area contributed by atoms with Crippen LogP contribution in [-0.2, 0) is 11.3 Å². The van der Waals surface area contributed by atoms with Crippen molar-refractivity contribution < 1.29 is 14.2 Å². The lowest BCUT2D eigenvalue weighted by Crippen LogP contribution is -2.40. The maximum Gasteiger partial charge on any atom is 0.231 e. The summed E-state index contributed by atoms with van der Waals surface area (Å²) < 4.78 is 16.3. The predicted molar refractivity (Wildman–Crippen MR) is 122 cm³/mol. The molecule has 28 heavy (non-hydrogen) atoms. The number of nitrogens with zero attached hydrogens (tertiary/aromatic N) is 3. The van der Waals surface area contributed by atoms with Crippen LogP contribution in [0.4, 0.5) is 0 Å². The monoisotopic (exact) mass is 504 g/mol. The van der Waals surface area contributed by atoms with E-state index >= 15 is 0 Å². The summed E-state index contributed by atoms with van der Waals surface area (Å²) in [7, 11) is 2.07.